The van der Waals surface area contributed by atoms with E-state index in [1.807, 2.05) is 0 Å². The zero-order chi connectivity index (χ0) is 70.9. The highest BCUT2D eigenvalue weighted by Gasteiger charge is 2.38. The molecule has 0 rings (SSSR count). The molecule has 39 nitrogen and oxygen atoms in total. The van der Waals surface area contributed by atoms with Gasteiger partial charge in [0.1, 0.15) is 59.9 Å². The summed E-state index contributed by atoms with van der Waals surface area (Å²) in [6.45, 7) is 9.35. The van der Waals surface area contributed by atoms with E-state index in [0.717, 1.165) is 0 Å². The van der Waals surface area contributed by atoms with E-state index in [2.05, 4.69) is 81.1 Å². The first kappa shape index (κ1) is 82.4. The summed E-state index contributed by atoms with van der Waals surface area (Å²) >= 11 is 3.96. The number of aliphatic imine (C=N–C) groups is 2. The van der Waals surface area contributed by atoms with Crippen LogP contribution < -0.4 is 116 Å². The molecule has 92 heavy (non-hydrogen) atoms. The second-order valence-electron chi connectivity index (χ2n) is 22.3. The first-order chi connectivity index (χ1) is 42.6. The Bertz CT molecular complexity index is 2720. The van der Waals surface area contributed by atoms with Crippen LogP contribution in [0.1, 0.15) is 113 Å². The minimum Gasteiger partial charge on any atom is -0.370 e. The lowest BCUT2D eigenvalue weighted by atomic mass is 9.97. The van der Waals surface area contributed by atoms with Gasteiger partial charge in [0.2, 0.25) is 94.5 Å². The van der Waals surface area contributed by atoms with Crippen molar-refractivity contribution in [3.05, 3.63) is 0 Å². The van der Waals surface area contributed by atoms with Gasteiger partial charge in [-0.25, -0.2) is 0 Å². The van der Waals surface area contributed by atoms with Crippen LogP contribution in [-0.4, -0.2) is 198 Å². The number of carbonyl (C=O) groups excluding carboxylic acids is 16. The van der Waals surface area contributed by atoms with E-state index in [-0.39, 0.29) is 68.8 Å². The third-order valence-electron chi connectivity index (χ3n) is 13.2. The van der Waals surface area contributed by atoms with Gasteiger partial charge in [0.15, 0.2) is 11.9 Å². The molecule has 11 atom stereocenters. The van der Waals surface area contributed by atoms with Crippen LogP contribution >= 0.6 is 12.6 Å². The van der Waals surface area contributed by atoms with Crippen LogP contribution in [0, 0.1) is 11.8 Å². The topological polar surface area (TPSA) is 690 Å². The maximum atomic E-state index is 14.2. The average Bonchev–Trinajstić information content (AvgIpc) is 0.896. The largest absolute Gasteiger partial charge is 0.370 e. The van der Waals surface area contributed by atoms with Crippen LogP contribution in [0.15, 0.2) is 9.98 Å². The van der Waals surface area contributed by atoms with Gasteiger partial charge in [0.05, 0.1) is 38.3 Å². The smallest absolute Gasteiger partial charge is 0.245 e. The lowest BCUT2D eigenvalue weighted by Gasteiger charge is -2.29. The first-order valence-corrected chi connectivity index (χ1v) is 29.5. The minimum atomic E-state index is -2.01. The molecule has 31 N–H and O–H groups in total. The predicted molar refractivity (Wildman–Crippen MR) is 333 cm³/mol. The van der Waals surface area contributed by atoms with Gasteiger partial charge in [0, 0.05) is 18.8 Å². The third-order valence-corrected chi connectivity index (χ3v) is 13.6. The van der Waals surface area contributed by atoms with Gasteiger partial charge in [-0.2, -0.15) is 12.6 Å². The molecule has 16 amide bonds. The fourth-order valence-corrected chi connectivity index (χ4v) is 8.35. The van der Waals surface area contributed by atoms with Crippen LogP contribution in [0.4, 0.5) is 0 Å². The Morgan fingerprint density at radius 2 is 0.826 bits per heavy atom. The molecule has 0 aliphatic rings. The monoisotopic (exact) mass is 1330 g/mol. The molecule has 0 unspecified atom stereocenters. The normalized spacial score (nSPS) is 14.6. The number of guanidine groups is 2. The van der Waals surface area contributed by atoms with E-state index in [9.17, 15) is 76.7 Å². The molecule has 0 spiro atoms. The summed E-state index contributed by atoms with van der Waals surface area (Å²) in [5, 5.41) is 25.5. The summed E-state index contributed by atoms with van der Waals surface area (Å²) in [5.41, 5.74) is 52.8. The molecule has 0 saturated carbocycles. The Morgan fingerprint density at radius 3 is 1.21 bits per heavy atom. The van der Waals surface area contributed by atoms with E-state index in [1.54, 1.807) is 27.7 Å². The van der Waals surface area contributed by atoms with Gasteiger partial charge in [-0.3, -0.25) is 86.7 Å². The van der Waals surface area contributed by atoms with Crippen molar-refractivity contribution in [1.29, 1.82) is 0 Å². The van der Waals surface area contributed by atoms with Gasteiger partial charge in [0.25, 0.3) is 0 Å². The lowest BCUT2D eigenvalue weighted by Crippen LogP contribution is -2.62. The van der Waals surface area contributed by atoms with Crippen molar-refractivity contribution in [3.63, 3.8) is 0 Å². The van der Waals surface area contributed by atoms with Gasteiger partial charge >= 0.3 is 0 Å². The minimum absolute atomic E-state index is 0.00872. The molecule has 0 aliphatic heterocycles. The maximum absolute atomic E-state index is 14.2. The summed E-state index contributed by atoms with van der Waals surface area (Å²) in [7, 11) is 0. The molecule has 0 saturated heterocycles. The highest BCUT2D eigenvalue weighted by molar-refractivity contribution is 7.80. The molecule has 0 fully saturated rings. The Morgan fingerprint density at radius 1 is 0.457 bits per heavy atom. The average molecular weight is 1330 g/mol. The molecular weight excluding hydrogens is 1230 g/mol. The zero-order valence-corrected chi connectivity index (χ0v) is 53.4. The van der Waals surface area contributed by atoms with Crippen molar-refractivity contribution in [1.82, 2.24) is 58.5 Å². The zero-order valence-electron chi connectivity index (χ0n) is 52.5. The van der Waals surface area contributed by atoms with Crippen molar-refractivity contribution >= 4 is 119 Å². The fourth-order valence-electron chi connectivity index (χ4n) is 8.08. The summed E-state index contributed by atoms with van der Waals surface area (Å²) in [6.07, 6.45) is -3.91. The SMILES string of the molecule is CC[C@H](C)[C@H](NC(=O)[C@H](CC(N)=O)NC(=O)[C@H](CC(N)=O)NC(=O)[C@H](CCCN=C(N)N)NC(=O)[C@H](CC(N)=O)NC(=O)[C@H](CCCN=C(N)N)NC(=O)CNC(=O)C(C)(C)NC(=O)[C@H](CC(N)=O)NC(=O)[C@@H](N)CC(C)C)C(=O)N[C@@H](C)C(=O)N[C@@H](CS)C(N)=O. The summed E-state index contributed by atoms with van der Waals surface area (Å²) < 4.78 is 0. The molecule has 518 valence electrons. The second kappa shape index (κ2) is 40.9. The molecule has 0 aromatic carbocycles. The van der Waals surface area contributed by atoms with Crippen LogP contribution in [0.5, 0.6) is 0 Å². The van der Waals surface area contributed by atoms with Crippen molar-refractivity contribution < 1.29 is 76.7 Å². The van der Waals surface area contributed by atoms with Crippen molar-refractivity contribution in [2.75, 3.05) is 25.4 Å². The van der Waals surface area contributed by atoms with Gasteiger partial charge < -0.3 is 116 Å². The number of nitrogens with zero attached hydrogens (tertiary/aromatic N) is 2. The summed E-state index contributed by atoms with van der Waals surface area (Å²) in [4.78, 5) is 218. The maximum Gasteiger partial charge on any atom is 0.245 e. The number of primary amides is 5. The van der Waals surface area contributed by atoms with Gasteiger partial charge in [-0.05, 0) is 64.7 Å². The van der Waals surface area contributed by atoms with Crippen LogP contribution in [-0.2, 0) is 76.7 Å². The highest BCUT2D eigenvalue weighted by atomic mass is 32.1. The third kappa shape index (κ3) is 32.7. The molecule has 0 bridgehead atoms. The standard InChI is InChI=1S/C52H93N23O16S/c1-8-23(4)38(48(90)66-24(5)40(82)73-32(21-92)39(58)81)74-46(88)30(18-35(56)78)72-45(87)29(17-34(55)77)71-43(85)27(12-10-14-64-51(61)62)68-44(86)28(16-33(54)76)70-42(84)26(11-9-13-63-50(59)60)67-37(80)20-65-49(91)52(6,7)75-47(89)31(19-36(57)79)69-41(83)25(53)15-22(2)3/h22-32,38,92H,8-21,53H2,1-7H3,(H2,54,76)(H2,55,77)(H2,56,78)(H2,57,79)(H2,58,81)(H,65,91)(H,66,90)(H,67,80)(H,68,86)(H,69,83)(H,70,84)(H,71,85)(H,72,87)(H,73,82)(H,74,88)(H,75,89)(H4,59,60,63)(H4,61,62,64)/t23-,24-,25-,26-,27-,28-,29-,30-,31-,32-,38-/m0/s1. The Hall–Kier alpha value is -9.63. The van der Waals surface area contributed by atoms with Crippen molar-refractivity contribution in [2.24, 2.45) is 79.2 Å². The Kier molecular flexibility index (Phi) is 36.6. The molecule has 0 aromatic heterocycles. The molecule has 0 aromatic rings. The van der Waals surface area contributed by atoms with Crippen LogP contribution in [0.3, 0.4) is 0 Å². The van der Waals surface area contributed by atoms with Crippen LogP contribution in [0.2, 0.25) is 0 Å². The molecule has 0 radical (unpaired) electrons. The number of carbonyl (C=O) groups is 16. The van der Waals surface area contributed by atoms with E-state index >= 15 is 0 Å². The number of rotatable bonds is 44. The molecular formula is C52H93N23O16S. The summed E-state index contributed by atoms with van der Waals surface area (Å²) in [6, 6.07) is -15.8. The number of nitrogens with one attached hydrogen (secondary N) is 11. The second-order valence-corrected chi connectivity index (χ2v) is 22.7. The molecule has 0 heterocycles. The number of amides is 16. The Labute approximate surface area is 535 Å². The molecule has 0 aliphatic carbocycles. The molecule has 40 heteroatoms. The van der Waals surface area contributed by atoms with Crippen molar-refractivity contribution in [2.45, 2.75) is 179 Å². The van der Waals surface area contributed by atoms with Gasteiger partial charge in [-0.1, -0.05) is 34.1 Å². The Balaban J connectivity index is 6.91. The van der Waals surface area contributed by atoms with Crippen molar-refractivity contribution in [3.8, 4) is 0 Å². The highest BCUT2D eigenvalue weighted by Crippen LogP contribution is 2.12. The quantitative estimate of drug-likeness (QED) is 0.0117. The number of nitrogens with two attached hydrogens (primary N) is 10. The fraction of sp³-hybridized carbons (Fsp3) is 0.654. The predicted octanol–water partition coefficient (Wildman–Crippen LogP) is -11.2. The van der Waals surface area contributed by atoms with E-state index in [1.165, 1.54) is 20.8 Å². The lowest BCUT2D eigenvalue weighted by molar-refractivity contribution is -0.137. The number of thiol groups is 1. The van der Waals surface area contributed by atoms with E-state index in [0.29, 0.717) is 0 Å². The van der Waals surface area contributed by atoms with E-state index in [4.69, 9.17) is 57.3 Å². The summed E-state index contributed by atoms with van der Waals surface area (Å²) in [5.74, 6) is -18.8. The van der Waals surface area contributed by atoms with Gasteiger partial charge in [-0.15, -0.1) is 0 Å². The first-order valence-electron chi connectivity index (χ1n) is 28.9. The van der Waals surface area contributed by atoms with E-state index < -0.39 is 205 Å². The van der Waals surface area contributed by atoms with Crippen LogP contribution in [0.25, 0.3) is 0 Å². The number of hydrogen-bond acceptors (Lipinski definition) is 20. The number of hydrogen-bond donors (Lipinski definition) is 22.